The normalized spacial score (nSPS) is 16.9. The number of unbranched alkanes of at least 4 members (excludes halogenated alkanes) is 1. The molecule has 1 aromatic carbocycles. The standard InChI is InChI=1S/C19H28N4O4S2/c1-4-5-6-17-7-9-18(10-8-17)28(24,25)22-11-13-23(14-12-22)29(26,27)19-15-21(3)20-16(19)2/h7-10,15H,4-6,11-14H2,1-3H3. The summed E-state index contributed by atoms with van der Waals surface area (Å²) in [5.41, 5.74) is 1.55. The van der Waals surface area contributed by atoms with Crippen LogP contribution in [0.3, 0.4) is 0 Å². The molecule has 0 spiro atoms. The Morgan fingerprint density at radius 1 is 0.931 bits per heavy atom. The van der Waals surface area contributed by atoms with Crippen LogP contribution >= 0.6 is 0 Å². The van der Waals surface area contributed by atoms with Gasteiger partial charge in [0.05, 0.1) is 10.6 Å². The Hall–Kier alpha value is -1.75. The Kier molecular flexibility index (Phi) is 6.47. The molecular weight excluding hydrogens is 412 g/mol. The molecule has 0 aliphatic carbocycles. The number of aryl methyl sites for hydroxylation is 3. The van der Waals surface area contributed by atoms with Gasteiger partial charge < -0.3 is 0 Å². The van der Waals surface area contributed by atoms with E-state index in [4.69, 9.17) is 0 Å². The Morgan fingerprint density at radius 2 is 1.48 bits per heavy atom. The van der Waals surface area contributed by atoms with Crippen LogP contribution in [0, 0.1) is 6.92 Å². The van der Waals surface area contributed by atoms with Gasteiger partial charge in [0.2, 0.25) is 20.0 Å². The minimum atomic E-state index is -3.69. The molecule has 1 aliphatic rings. The van der Waals surface area contributed by atoms with E-state index < -0.39 is 20.0 Å². The Bertz CT molecular complexity index is 1050. The van der Waals surface area contributed by atoms with Crippen LogP contribution in [0.15, 0.2) is 40.3 Å². The number of rotatable bonds is 7. The molecule has 1 aromatic heterocycles. The number of nitrogens with zero attached hydrogens (tertiary/aromatic N) is 4. The maximum absolute atomic E-state index is 12.9. The van der Waals surface area contributed by atoms with Crippen molar-refractivity contribution in [1.82, 2.24) is 18.4 Å². The van der Waals surface area contributed by atoms with Crippen molar-refractivity contribution in [3.8, 4) is 0 Å². The zero-order chi connectivity index (χ0) is 21.2. The molecule has 29 heavy (non-hydrogen) atoms. The number of hydrogen-bond acceptors (Lipinski definition) is 5. The van der Waals surface area contributed by atoms with Gasteiger partial charge in [-0.25, -0.2) is 16.8 Å². The molecule has 2 aromatic rings. The molecule has 10 heteroatoms. The second kappa shape index (κ2) is 8.55. The van der Waals surface area contributed by atoms with Gasteiger partial charge in [0.25, 0.3) is 0 Å². The third-order valence-corrected chi connectivity index (χ3v) is 9.08. The summed E-state index contributed by atoms with van der Waals surface area (Å²) in [7, 11) is -5.66. The molecule has 0 radical (unpaired) electrons. The van der Waals surface area contributed by atoms with Crippen molar-refractivity contribution in [1.29, 1.82) is 0 Å². The van der Waals surface area contributed by atoms with Crippen LogP contribution in [-0.4, -0.2) is 61.4 Å². The van der Waals surface area contributed by atoms with E-state index in [0.717, 1.165) is 24.8 Å². The number of piperazine rings is 1. The van der Waals surface area contributed by atoms with Gasteiger partial charge in [0.1, 0.15) is 4.90 Å². The summed E-state index contributed by atoms with van der Waals surface area (Å²) in [4.78, 5) is 0.413. The van der Waals surface area contributed by atoms with Crippen LogP contribution in [-0.2, 0) is 33.5 Å². The summed E-state index contributed by atoms with van der Waals surface area (Å²) in [6.07, 6.45) is 4.57. The Morgan fingerprint density at radius 3 is 1.97 bits per heavy atom. The van der Waals surface area contributed by atoms with Crippen molar-refractivity contribution < 1.29 is 16.8 Å². The molecule has 0 amide bonds. The van der Waals surface area contributed by atoms with E-state index in [1.165, 1.54) is 19.5 Å². The zero-order valence-electron chi connectivity index (χ0n) is 17.1. The number of sulfonamides is 2. The fraction of sp³-hybridized carbons (Fsp3) is 0.526. The predicted molar refractivity (Wildman–Crippen MR) is 111 cm³/mol. The summed E-state index contributed by atoms with van der Waals surface area (Å²) < 4.78 is 55.8. The van der Waals surface area contributed by atoms with E-state index in [1.807, 2.05) is 12.1 Å². The highest BCUT2D eigenvalue weighted by Crippen LogP contribution is 2.23. The fourth-order valence-electron chi connectivity index (χ4n) is 3.48. The van der Waals surface area contributed by atoms with Crippen molar-refractivity contribution in [3.05, 3.63) is 41.7 Å². The van der Waals surface area contributed by atoms with Gasteiger partial charge in [-0.15, -0.1) is 0 Å². The van der Waals surface area contributed by atoms with E-state index in [-0.39, 0.29) is 36.0 Å². The first kappa shape index (κ1) is 21.9. The Labute approximate surface area is 173 Å². The zero-order valence-corrected chi connectivity index (χ0v) is 18.7. The molecule has 160 valence electrons. The van der Waals surface area contributed by atoms with Crippen LogP contribution in [0.1, 0.15) is 31.0 Å². The first-order chi connectivity index (χ1) is 13.7. The Balaban J connectivity index is 1.70. The first-order valence-corrected chi connectivity index (χ1v) is 12.6. The lowest BCUT2D eigenvalue weighted by Crippen LogP contribution is -2.50. The van der Waals surface area contributed by atoms with E-state index in [1.54, 1.807) is 26.1 Å². The van der Waals surface area contributed by atoms with Gasteiger partial charge in [-0.05, 0) is 37.5 Å². The van der Waals surface area contributed by atoms with Gasteiger partial charge >= 0.3 is 0 Å². The van der Waals surface area contributed by atoms with Crippen LogP contribution in [0.25, 0.3) is 0 Å². The van der Waals surface area contributed by atoms with Crippen LogP contribution in [0.4, 0.5) is 0 Å². The monoisotopic (exact) mass is 440 g/mol. The molecule has 2 heterocycles. The molecule has 1 fully saturated rings. The SMILES string of the molecule is CCCCc1ccc(S(=O)(=O)N2CCN(S(=O)(=O)c3cn(C)nc3C)CC2)cc1. The average molecular weight is 441 g/mol. The average Bonchev–Trinajstić information content (AvgIpc) is 3.05. The van der Waals surface area contributed by atoms with Gasteiger partial charge in [-0.3, -0.25) is 4.68 Å². The van der Waals surface area contributed by atoms with Gasteiger partial charge in [0.15, 0.2) is 0 Å². The third kappa shape index (κ3) is 4.55. The molecule has 0 N–H and O–H groups in total. The lowest BCUT2D eigenvalue weighted by atomic mass is 10.1. The van der Waals surface area contributed by atoms with Gasteiger partial charge in [-0.2, -0.15) is 13.7 Å². The van der Waals surface area contributed by atoms with Crippen molar-refractivity contribution in [2.24, 2.45) is 7.05 Å². The van der Waals surface area contributed by atoms with Gasteiger partial charge in [-0.1, -0.05) is 25.5 Å². The minimum Gasteiger partial charge on any atom is -0.274 e. The third-order valence-electron chi connectivity index (χ3n) is 5.16. The van der Waals surface area contributed by atoms with Gasteiger partial charge in [0, 0.05) is 39.4 Å². The summed E-state index contributed by atoms with van der Waals surface area (Å²) >= 11 is 0. The highest BCUT2D eigenvalue weighted by molar-refractivity contribution is 7.89. The summed E-state index contributed by atoms with van der Waals surface area (Å²) in [6.45, 7) is 4.25. The number of benzene rings is 1. The maximum Gasteiger partial charge on any atom is 0.246 e. The van der Waals surface area contributed by atoms with E-state index in [2.05, 4.69) is 12.0 Å². The summed E-state index contributed by atoms with van der Waals surface area (Å²) in [5, 5.41) is 4.10. The second-order valence-corrected chi connectivity index (χ2v) is 11.2. The molecule has 1 aliphatic heterocycles. The van der Waals surface area contributed by atoms with Crippen LogP contribution in [0.2, 0.25) is 0 Å². The van der Waals surface area contributed by atoms with Crippen molar-refractivity contribution in [2.75, 3.05) is 26.2 Å². The van der Waals surface area contributed by atoms with E-state index in [0.29, 0.717) is 5.69 Å². The van der Waals surface area contributed by atoms with Crippen LogP contribution in [0.5, 0.6) is 0 Å². The highest BCUT2D eigenvalue weighted by atomic mass is 32.2. The predicted octanol–water partition coefficient (Wildman–Crippen LogP) is 1.77. The van der Waals surface area contributed by atoms with Crippen molar-refractivity contribution in [2.45, 2.75) is 42.9 Å². The molecule has 0 unspecified atom stereocenters. The minimum absolute atomic E-state index is 0.116. The van der Waals surface area contributed by atoms with E-state index >= 15 is 0 Å². The smallest absolute Gasteiger partial charge is 0.246 e. The molecule has 0 saturated carbocycles. The molecular formula is C19H28N4O4S2. The number of hydrogen-bond donors (Lipinski definition) is 0. The van der Waals surface area contributed by atoms with Crippen molar-refractivity contribution >= 4 is 20.0 Å². The van der Waals surface area contributed by atoms with E-state index in [9.17, 15) is 16.8 Å². The molecule has 8 nitrogen and oxygen atoms in total. The maximum atomic E-state index is 12.9. The summed E-state index contributed by atoms with van der Waals surface area (Å²) in [5.74, 6) is 0. The van der Waals surface area contributed by atoms with Crippen molar-refractivity contribution in [3.63, 3.8) is 0 Å². The second-order valence-electron chi connectivity index (χ2n) is 7.31. The number of aromatic nitrogens is 2. The molecule has 0 bridgehead atoms. The summed E-state index contributed by atoms with van der Waals surface area (Å²) in [6, 6.07) is 6.99. The highest BCUT2D eigenvalue weighted by Gasteiger charge is 2.35. The van der Waals surface area contributed by atoms with Crippen LogP contribution < -0.4 is 0 Å². The molecule has 0 atom stereocenters. The quantitative estimate of drug-likeness (QED) is 0.654. The fourth-order valence-corrected chi connectivity index (χ4v) is 6.52. The lowest BCUT2D eigenvalue weighted by molar-refractivity contribution is 0.272. The molecule has 3 rings (SSSR count). The first-order valence-electron chi connectivity index (χ1n) is 9.75. The molecule has 1 saturated heterocycles. The largest absolute Gasteiger partial charge is 0.274 e. The lowest BCUT2D eigenvalue weighted by Gasteiger charge is -2.33. The topological polar surface area (TPSA) is 92.6 Å².